The van der Waals surface area contributed by atoms with Crippen molar-refractivity contribution < 1.29 is 18.9 Å². The predicted octanol–water partition coefficient (Wildman–Crippen LogP) is 1.71. The van der Waals surface area contributed by atoms with Crippen LogP contribution >= 0.6 is 0 Å². The molecular weight excluding hydrogens is 246 g/mol. The molecule has 1 aromatic rings. The van der Waals surface area contributed by atoms with Crippen molar-refractivity contribution in [3.63, 3.8) is 0 Å². The van der Waals surface area contributed by atoms with Crippen LogP contribution in [-0.2, 0) is 4.74 Å². The van der Waals surface area contributed by atoms with Crippen molar-refractivity contribution >= 4 is 0 Å². The molecule has 0 spiro atoms. The first-order valence-corrected chi connectivity index (χ1v) is 6.31. The monoisotopic (exact) mass is 269 g/mol. The van der Waals surface area contributed by atoms with Gasteiger partial charge in [0.05, 0.1) is 26.9 Å². The molecule has 5 heteroatoms. The second-order valence-electron chi connectivity index (χ2n) is 4.07. The lowest BCUT2D eigenvalue weighted by molar-refractivity contribution is 0.137. The summed E-state index contributed by atoms with van der Waals surface area (Å²) in [5, 5.41) is 3.30. The van der Waals surface area contributed by atoms with E-state index in [0.29, 0.717) is 24.7 Å². The maximum Gasteiger partial charge on any atom is 0.126 e. The molecule has 0 saturated carbocycles. The molecule has 108 valence electrons. The van der Waals surface area contributed by atoms with Crippen LogP contribution in [0, 0.1) is 0 Å². The predicted molar refractivity (Wildman–Crippen MR) is 74.4 cm³/mol. The molecule has 0 aliphatic rings. The SMILES string of the molecule is CCNC(COC)COc1cc(OC)cc(OC)c1. The highest BCUT2D eigenvalue weighted by atomic mass is 16.5. The van der Waals surface area contributed by atoms with Crippen molar-refractivity contribution in [2.45, 2.75) is 13.0 Å². The van der Waals surface area contributed by atoms with Crippen LogP contribution < -0.4 is 19.5 Å². The third-order valence-corrected chi connectivity index (χ3v) is 2.64. The second-order valence-corrected chi connectivity index (χ2v) is 4.07. The Morgan fingerprint density at radius 3 is 2.00 bits per heavy atom. The summed E-state index contributed by atoms with van der Waals surface area (Å²) in [6.45, 7) is 4.06. The molecule has 0 aliphatic carbocycles. The number of likely N-dealkylation sites (N-methyl/N-ethyl adjacent to an activating group) is 1. The van der Waals surface area contributed by atoms with Gasteiger partial charge in [-0.3, -0.25) is 0 Å². The van der Waals surface area contributed by atoms with E-state index in [2.05, 4.69) is 12.2 Å². The zero-order chi connectivity index (χ0) is 14.1. The lowest BCUT2D eigenvalue weighted by atomic mass is 10.3. The fraction of sp³-hybridized carbons (Fsp3) is 0.571. The van der Waals surface area contributed by atoms with E-state index in [0.717, 1.165) is 12.3 Å². The molecule has 5 nitrogen and oxygen atoms in total. The molecule has 19 heavy (non-hydrogen) atoms. The highest BCUT2D eigenvalue weighted by Gasteiger charge is 2.09. The third-order valence-electron chi connectivity index (χ3n) is 2.64. The zero-order valence-electron chi connectivity index (χ0n) is 12.1. The highest BCUT2D eigenvalue weighted by Crippen LogP contribution is 2.27. The summed E-state index contributed by atoms with van der Waals surface area (Å²) < 4.78 is 21.3. The number of methoxy groups -OCH3 is 3. The van der Waals surface area contributed by atoms with Gasteiger partial charge in [-0.15, -0.1) is 0 Å². The summed E-state index contributed by atoms with van der Waals surface area (Å²) in [4.78, 5) is 0. The van der Waals surface area contributed by atoms with E-state index >= 15 is 0 Å². The Labute approximate surface area is 114 Å². The van der Waals surface area contributed by atoms with Gasteiger partial charge in [0, 0.05) is 25.3 Å². The first-order valence-electron chi connectivity index (χ1n) is 6.31. The van der Waals surface area contributed by atoms with Gasteiger partial charge < -0.3 is 24.3 Å². The first-order chi connectivity index (χ1) is 9.23. The van der Waals surface area contributed by atoms with Gasteiger partial charge in [0.15, 0.2) is 0 Å². The minimum absolute atomic E-state index is 0.159. The Morgan fingerprint density at radius 1 is 0.947 bits per heavy atom. The van der Waals surface area contributed by atoms with Gasteiger partial charge in [-0.1, -0.05) is 6.92 Å². The molecule has 0 saturated heterocycles. The van der Waals surface area contributed by atoms with Gasteiger partial charge in [0.1, 0.15) is 23.9 Å². The van der Waals surface area contributed by atoms with E-state index in [1.165, 1.54) is 0 Å². The van der Waals surface area contributed by atoms with Crippen LogP contribution in [0.3, 0.4) is 0 Å². The average molecular weight is 269 g/mol. The van der Waals surface area contributed by atoms with Crippen molar-refractivity contribution in [1.29, 1.82) is 0 Å². The van der Waals surface area contributed by atoms with E-state index in [4.69, 9.17) is 18.9 Å². The van der Waals surface area contributed by atoms with Gasteiger partial charge in [-0.05, 0) is 6.54 Å². The van der Waals surface area contributed by atoms with Crippen molar-refractivity contribution in [3.8, 4) is 17.2 Å². The molecule has 1 unspecified atom stereocenters. The number of ether oxygens (including phenoxy) is 4. The van der Waals surface area contributed by atoms with Crippen LogP contribution in [0.5, 0.6) is 17.2 Å². The Hall–Kier alpha value is -1.46. The van der Waals surface area contributed by atoms with Crippen molar-refractivity contribution in [2.75, 3.05) is 41.1 Å². The van der Waals surface area contributed by atoms with E-state index in [9.17, 15) is 0 Å². The van der Waals surface area contributed by atoms with E-state index in [1.54, 1.807) is 21.3 Å². The molecule has 1 atom stereocenters. The lowest BCUT2D eigenvalue weighted by Gasteiger charge is -2.18. The number of hydrogen-bond acceptors (Lipinski definition) is 5. The molecule has 1 N–H and O–H groups in total. The average Bonchev–Trinajstić information content (AvgIpc) is 2.44. The molecule has 1 aromatic carbocycles. The maximum absolute atomic E-state index is 5.76. The smallest absolute Gasteiger partial charge is 0.126 e. The molecule has 1 rings (SSSR count). The molecule has 0 radical (unpaired) electrons. The normalized spacial score (nSPS) is 12.0. The second kappa shape index (κ2) is 8.61. The van der Waals surface area contributed by atoms with Gasteiger partial charge in [-0.25, -0.2) is 0 Å². The van der Waals surface area contributed by atoms with E-state index < -0.39 is 0 Å². The Bertz CT molecular complexity index is 342. The molecule has 0 aliphatic heterocycles. The first kappa shape index (κ1) is 15.6. The zero-order valence-corrected chi connectivity index (χ0v) is 12.1. The summed E-state index contributed by atoms with van der Waals surface area (Å²) in [6, 6.07) is 5.63. The summed E-state index contributed by atoms with van der Waals surface area (Å²) in [5.74, 6) is 2.14. The minimum atomic E-state index is 0.159. The topological polar surface area (TPSA) is 49.0 Å². The molecule has 0 fully saturated rings. The van der Waals surface area contributed by atoms with Crippen LogP contribution in [0.15, 0.2) is 18.2 Å². The summed E-state index contributed by atoms with van der Waals surface area (Å²) in [5.41, 5.74) is 0. The molecule has 0 aromatic heterocycles. The molecule has 0 heterocycles. The molecule has 0 amide bonds. The number of rotatable bonds is 9. The van der Waals surface area contributed by atoms with Gasteiger partial charge in [-0.2, -0.15) is 0 Å². The standard InChI is InChI=1S/C14H23NO4/c1-5-15-11(9-16-2)10-19-14-7-12(17-3)6-13(8-14)18-4/h6-8,11,15H,5,9-10H2,1-4H3. The lowest BCUT2D eigenvalue weighted by Crippen LogP contribution is -2.38. The Kier molecular flexibility index (Phi) is 7.07. The van der Waals surface area contributed by atoms with Crippen LogP contribution in [-0.4, -0.2) is 47.1 Å². The Balaban J connectivity index is 2.64. The highest BCUT2D eigenvalue weighted by molar-refractivity contribution is 5.42. The van der Waals surface area contributed by atoms with Crippen LogP contribution in [0.25, 0.3) is 0 Å². The van der Waals surface area contributed by atoms with Gasteiger partial charge in [0.25, 0.3) is 0 Å². The van der Waals surface area contributed by atoms with E-state index in [1.807, 2.05) is 18.2 Å². The van der Waals surface area contributed by atoms with Crippen LogP contribution in [0.1, 0.15) is 6.92 Å². The third kappa shape index (κ3) is 5.36. The largest absolute Gasteiger partial charge is 0.496 e. The fourth-order valence-electron chi connectivity index (χ4n) is 1.72. The van der Waals surface area contributed by atoms with E-state index in [-0.39, 0.29) is 6.04 Å². The summed E-state index contributed by atoms with van der Waals surface area (Å²) in [7, 11) is 4.91. The fourth-order valence-corrected chi connectivity index (χ4v) is 1.72. The summed E-state index contributed by atoms with van der Waals surface area (Å²) in [6.07, 6.45) is 0. The molecular formula is C14H23NO4. The molecule has 0 bridgehead atoms. The van der Waals surface area contributed by atoms with Crippen molar-refractivity contribution in [1.82, 2.24) is 5.32 Å². The van der Waals surface area contributed by atoms with Crippen LogP contribution in [0.2, 0.25) is 0 Å². The van der Waals surface area contributed by atoms with Crippen LogP contribution in [0.4, 0.5) is 0 Å². The van der Waals surface area contributed by atoms with Crippen molar-refractivity contribution in [2.24, 2.45) is 0 Å². The van der Waals surface area contributed by atoms with Crippen molar-refractivity contribution in [3.05, 3.63) is 18.2 Å². The summed E-state index contributed by atoms with van der Waals surface area (Å²) >= 11 is 0. The number of benzene rings is 1. The van der Waals surface area contributed by atoms with Gasteiger partial charge in [0.2, 0.25) is 0 Å². The minimum Gasteiger partial charge on any atom is -0.496 e. The maximum atomic E-state index is 5.76. The number of nitrogens with one attached hydrogen (secondary N) is 1. The number of hydrogen-bond donors (Lipinski definition) is 1. The quantitative estimate of drug-likeness (QED) is 0.739. The van der Waals surface area contributed by atoms with Gasteiger partial charge >= 0.3 is 0 Å². The Morgan fingerprint density at radius 2 is 1.53 bits per heavy atom.